The van der Waals surface area contributed by atoms with Crippen LogP contribution in [0.15, 0.2) is 23.1 Å². The highest BCUT2D eigenvalue weighted by Gasteiger charge is 2.10. The minimum absolute atomic E-state index is 0.0412. The van der Waals surface area contributed by atoms with Gasteiger partial charge in [0.2, 0.25) is 15.9 Å². The van der Waals surface area contributed by atoms with E-state index in [0.29, 0.717) is 17.7 Å². The van der Waals surface area contributed by atoms with E-state index in [4.69, 9.17) is 5.14 Å². The third-order valence-corrected chi connectivity index (χ3v) is 3.03. The van der Waals surface area contributed by atoms with Crippen LogP contribution in [0.5, 0.6) is 0 Å². The fourth-order valence-electron chi connectivity index (χ4n) is 1.19. The van der Waals surface area contributed by atoms with Gasteiger partial charge in [0.1, 0.15) is 0 Å². The van der Waals surface area contributed by atoms with E-state index >= 15 is 0 Å². The molecule has 0 aliphatic heterocycles. The number of primary sulfonamides is 1. The molecule has 0 bridgehead atoms. The topological polar surface area (TPSA) is 89.3 Å². The highest BCUT2D eigenvalue weighted by Crippen LogP contribution is 2.18. The van der Waals surface area contributed by atoms with Gasteiger partial charge in [-0.25, -0.2) is 13.6 Å². The van der Waals surface area contributed by atoms with E-state index in [2.05, 4.69) is 5.32 Å². The van der Waals surface area contributed by atoms with Gasteiger partial charge in [-0.1, -0.05) is 6.92 Å². The van der Waals surface area contributed by atoms with Gasteiger partial charge in [0, 0.05) is 12.1 Å². The number of amides is 1. The second-order valence-electron chi connectivity index (χ2n) is 3.42. The molecule has 0 aromatic heterocycles. The maximum Gasteiger partial charge on any atom is 0.238 e. The summed E-state index contributed by atoms with van der Waals surface area (Å²) in [6.45, 7) is 3.45. The van der Waals surface area contributed by atoms with Crippen molar-refractivity contribution in [1.29, 1.82) is 0 Å². The van der Waals surface area contributed by atoms with Gasteiger partial charge in [-0.3, -0.25) is 4.79 Å². The second kappa shape index (κ2) is 4.63. The molecule has 1 aromatic carbocycles. The van der Waals surface area contributed by atoms with E-state index in [1.165, 1.54) is 18.2 Å². The van der Waals surface area contributed by atoms with E-state index in [9.17, 15) is 13.2 Å². The fourth-order valence-corrected chi connectivity index (χ4v) is 1.79. The summed E-state index contributed by atoms with van der Waals surface area (Å²) < 4.78 is 22.1. The summed E-state index contributed by atoms with van der Waals surface area (Å²) in [5, 5.41) is 7.65. The first-order valence-corrected chi connectivity index (χ1v) is 6.32. The number of hydrogen-bond acceptors (Lipinski definition) is 3. The molecule has 0 heterocycles. The molecule has 0 saturated carbocycles. The minimum Gasteiger partial charge on any atom is -0.326 e. The average molecular weight is 242 g/mol. The molecule has 0 saturated heterocycles. The van der Waals surface area contributed by atoms with Crippen LogP contribution in [0.1, 0.15) is 18.9 Å². The molecule has 0 aliphatic rings. The summed E-state index contributed by atoms with van der Waals surface area (Å²) in [7, 11) is -3.69. The van der Waals surface area contributed by atoms with Gasteiger partial charge in [-0.15, -0.1) is 0 Å². The standard InChI is InChI=1S/C10H14N2O3S/c1-3-10(13)12-9-5-4-8(6-7(9)2)16(11,14)15/h4-6H,3H2,1-2H3,(H,12,13)(H2,11,14,15). The molecule has 5 nitrogen and oxygen atoms in total. The summed E-state index contributed by atoms with van der Waals surface area (Å²) in [5.74, 6) is -0.119. The first-order valence-electron chi connectivity index (χ1n) is 4.78. The maximum atomic E-state index is 11.2. The van der Waals surface area contributed by atoms with Crippen LogP contribution in [0.3, 0.4) is 0 Å². The van der Waals surface area contributed by atoms with Crippen molar-refractivity contribution in [3.05, 3.63) is 23.8 Å². The Balaban J connectivity index is 3.06. The molecule has 0 unspecified atom stereocenters. The van der Waals surface area contributed by atoms with Crippen molar-refractivity contribution >= 4 is 21.6 Å². The lowest BCUT2D eigenvalue weighted by molar-refractivity contribution is -0.115. The van der Waals surface area contributed by atoms with E-state index in [0.717, 1.165) is 0 Å². The largest absolute Gasteiger partial charge is 0.326 e. The number of nitrogens with two attached hydrogens (primary N) is 1. The fraction of sp³-hybridized carbons (Fsp3) is 0.300. The van der Waals surface area contributed by atoms with Crippen LogP contribution in [0.2, 0.25) is 0 Å². The van der Waals surface area contributed by atoms with Crippen LogP contribution < -0.4 is 10.5 Å². The number of hydrogen-bond donors (Lipinski definition) is 2. The van der Waals surface area contributed by atoms with Crippen molar-refractivity contribution in [3.63, 3.8) is 0 Å². The number of carbonyl (C=O) groups excluding carboxylic acids is 1. The summed E-state index contributed by atoms with van der Waals surface area (Å²) in [6.07, 6.45) is 0.371. The molecule has 0 radical (unpaired) electrons. The van der Waals surface area contributed by atoms with Crippen molar-refractivity contribution < 1.29 is 13.2 Å². The highest BCUT2D eigenvalue weighted by atomic mass is 32.2. The molecule has 1 rings (SSSR count). The van der Waals surface area contributed by atoms with Crippen LogP contribution in [0.4, 0.5) is 5.69 Å². The molecule has 6 heteroatoms. The lowest BCUT2D eigenvalue weighted by Gasteiger charge is -2.08. The number of carbonyl (C=O) groups is 1. The summed E-state index contributed by atoms with van der Waals surface area (Å²) in [4.78, 5) is 11.2. The Labute approximate surface area is 94.7 Å². The smallest absolute Gasteiger partial charge is 0.238 e. The van der Waals surface area contributed by atoms with Crippen molar-refractivity contribution in [2.24, 2.45) is 5.14 Å². The zero-order chi connectivity index (χ0) is 12.3. The predicted molar refractivity (Wildman–Crippen MR) is 61.5 cm³/mol. The SMILES string of the molecule is CCC(=O)Nc1ccc(S(N)(=O)=O)cc1C. The zero-order valence-corrected chi connectivity index (χ0v) is 9.97. The molecule has 0 aliphatic carbocycles. The molecular weight excluding hydrogens is 228 g/mol. The number of aryl methyl sites for hydroxylation is 1. The molecule has 1 aromatic rings. The van der Waals surface area contributed by atoms with Gasteiger partial charge in [0.15, 0.2) is 0 Å². The number of benzene rings is 1. The lowest BCUT2D eigenvalue weighted by atomic mass is 10.2. The molecule has 16 heavy (non-hydrogen) atoms. The number of rotatable bonds is 3. The Morgan fingerprint density at radius 1 is 1.44 bits per heavy atom. The van der Waals surface area contributed by atoms with Crippen LogP contribution in [-0.2, 0) is 14.8 Å². The van der Waals surface area contributed by atoms with E-state index in [-0.39, 0.29) is 10.8 Å². The first kappa shape index (κ1) is 12.7. The second-order valence-corrected chi connectivity index (χ2v) is 4.98. The molecular formula is C10H14N2O3S. The maximum absolute atomic E-state index is 11.2. The predicted octanol–water partition coefficient (Wildman–Crippen LogP) is 0.991. The summed E-state index contributed by atoms with van der Waals surface area (Å²) >= 11 is 0. The quantitative estimate of drug-likeness (QED) is 0.828. The summed E-state index contributed by atoms with van der Waals surface area (Å²) in [6, 6.07) is 4.33. The van der Waals surface area contributed by atoms with Crippen LogP contribution >= 0.6 is 0 Å². The van der Waals surface area contributed by atoms with E-state index < -0.39 is 10.0 Å². The Hall–Kier alpha value is -1.40. The monoisotopic (exact) mass is 242 g/mol. The van der Waals surface area contributed by atoms with Gasteiger partial charge in [0.25, 0.3) is 0 Å². The molecule has 3 N–H and O–H groups in total. The average Bonchev–Trinajstić information content (AvgIpc) is 2.19. The minimum atomic E-state index is -3.69. The third-order valence-electron chi connectivity index (χ3n) is 2.12. The molecule has 0 spiro atoms. The van der Waals surface area contributed by atoms with Crippen LogP contribution in [0, 0.1) is 6.92 Å². The van der Waals surface area contributed by atoms with Gasteiger partial charge in [-0.2, -0.15) is 0 Å². The summed E-state index contributed by atoms with van der Waals surface area (Å²) in [5.41, 5.74) is 1.26. The Morgan fingerprint density at radius 2 is 2.06 bits per heavy atom. The van der Waals surface area contributed by atoms with Gasteiger partial charge < -0.3 is 5.32 Å². The Bertz CT molecular complexity index is 509. The van der Waals surface area contributed by atoms with Crippen molar-refractivity contribution in [1.82, 2.24) is 0 Å². The van der Waals surface area contributed by atoms with Gasteiger partial charge in [0.05, 0.1) is 4.90 Å². The van der Waals surface area contributed by atoms with Crippen molar-refractivity contribution in [3.8, 4) is 0 Å². The molecule has 88 valence electrons. The van der Waals surface area contributed by atoms with Crippen molar-refractivity contribution in [2.75, 3.05) is 5.32 Å². The first-order chi connectivity index (χ1) is 7.34. The lowest BCUT2D eigenvalue weighted by Crippen LogP contribution is -2.14. The van der Waals surface area contributed by atoms with Crippen LogP contribution in [-0.4, -0.2) is 14.3 Å². The number of sulfonamides is 1. The molecule has 1 amide bonds. The van der Waals surface area contributed by atoms with Gasteiger partial charge >= 0.3 is 0 Å². The highest BCUT2D eigenvalue weighted by molar-refractivity contribution is 7.89. The van der Waals surface area contributed by atoms with E-state index in [1.54, 1.807) is 13.8 Å². The molecule has 0 fully saturated rings. The molecule has 0 atom stereocenters. The Morgan fingerprint density at radius 3 is 2.50 bits per heavy atom. The van der Waals surface area contributed by atoms with Crippen molar-refractivity contribution in [2.45, 2.75) is 25.2 Å². The third kappa shape index (κ3) is 3.04. The van der Waals surface area contributed by atoms with Crippen LogP contribution in [0.25, 0.3) is 0 Å². The Kier molecular flexibility index (Phi) is 3.66. The van der Waals surface area contributed by atoms with Gasteiger partial charge in [-0.05, 0) is 30.7 Å². The van der Waals surface area contributed by atoms with E-state index in [1.807, 2.05) is 0 Å². The normalized spacial score (nSPS) is 11.2. The number of nitrogens with one attached hydrogen (secondary N) is 1. The number of anilines is 1. The zero-order valence-electron chi connectivity index (χ0n) is 9.15.